The molecule has 2 saturated heterocycles. The summed E-state index contributed by atoms with van der Waals surface area (Å²) in [6.07, 6.45) is 6.14. The number of aliphatic hydroxyl groups is 1. The fourth-order valence-corrected chi connectivity index (χ4v) is 5.05. The summed E-state index contributed by atoms with van der Waals surface area (Å²) in [5.41, 5.74) is 1.50. The molecule has 0 spiro atoms. The molecule has 0 unspecified atom stereocenters. The zero-order valence-corrected chi connectivity index (χ0v) is 15.3. The van der Waals surface area contributed by atoms with Crippen LogP contribution < -0.4 is 0 Å². The molecule has 1 atom stereocenters. The number of benzene rings is 1. The summed E-state index contributed by atoms with van der Waals surface area (Å²) in [6, 6.07) is 10.8. The molecule has 134 valence electrons. The predicted octanol–water partition coefficient (Wildman–Crippen LogP) is 2.89. The summed E-state index contributed by atoms with van der Waals surface area (Å²) >= 11 is 2.09. The van der Waals surface area contributed by atoms with Crippen molar-refractivity contribution in [3.63, 3.8) is 0 Å². The second-order valence-electron chi connectivity index (χ2n) is 7.05. The number of aromatic nitrogens is 3. The molecule has 0 amide bonds. The van der Waals surface area contributed by atoms with E-state index in [1.54, 1.807) is 0 Å². The number of likely N-dealkylation sites (tertiary alicyclic amines) is 1. The van der Waals surface area contributed by atoms with Crippen LogP contribution >= 0.6 is 11.8 Å². The average molecular weight is 359 g/mol. The summed E-state index contributed by atoms with van der Waals surface area (Å²) in [5, 5.41) is 19.0. The number of hydrogen-bond donors (Lipinski definition) is 1. The third-order valence-corrected chi connectivity index (χ3v) is 6.55. The van der Waals surface area contributed by atoms with E-state index in [1.807, 2.05) is 41.2 Å². The van der Waals surface area contributed by atoms with Crippen molar-refractivity contribution in [2.75, 3.05) is 24.6 Å². The molecule has 25 heavy (non-hydrogen) atoms. The largest absolute Gasteiger partial charge is 0.382 e. The maximum absolute atomic E-state index is 10.5. The zero-order valence-electron chi connectivity index (χ0n) is 14.5. The lowest BCUT2D eigenvalue weighted by molar-refractivity contribution is 0.123. The first-order chi connectivity index (χ1) is 12.3. The maximum atomic E-state index is 10.5. The smallest absolute Gasteiger partial charge is 0.124 e. The average Bonchev–Trinajstić information content (AvgIpc) is 3.19. The van der Waals surface area contributed by atoms with Gasteiger partial charge in [0.1, 0.15) is 11.8 Å². The van der Waals surface area contributed by atoms with Crippen molar-refractivity contribution >= 4 is 11.8 Å². The van der Waals surface area contributed by atoms with Crippen molar-refractivity contribution in [1.82, 2.24) is 19.9 Å². The molecule has 1 N–H and O–H groups in total. The highest BCUT2D eigenvalue weighted by molar-refractivity contribution is 7.99. The lowest BCUT2D eigenvalue weighted by Crippen LogP contribution is -2.43. The SMILES string of the molecule is O[C@H](c1ccccc1)c1cn(C2CCN(C3CCSCC3)CC2)nn1. The quantitative estimate of drug-likeness (QED) is 0.911. The van der Waals surface area contributed by atoms with Crippen LogP contribution in [-0.2, 0) is 0 Å². The third kappa shape index (κ3) is 3.91. The predicted molar refractivity (Wildman–Crippen MR) is 101 cm³/mol. The molecule has 2 fully saturated rings. The summed E-state index contributed by atoms with van der Waals surface area (Å²) in [7, 11) is 0. The van der Waals surface area contributed by atoms with E-state index >= 15 is 0 Å². The van der Waals surface area contributed by atoms with E-state index < -0.39 is 6.10 Å². The molecule has 2 aromatic rings. The Labute approximate surface area is 153 Å². The topological polar surface area (TPSA) is 54.2 Å². The van der Waals surface area contributed by atoms with Crippen LogP contribution in [0.4, 0.5) is 0 Å². The number of nitrogens with zero attached hydrogens (tertiary/aromatic N) is 4. The van der Waals surface area contributed by atoms with E-state index in [2.05, 4.69) is 27.0 Å². The van der Waals surface area contributed by atoms with E-state index in [0.717, 1.165) is 37.5 Å². The second-order valence-corrected chi connectivity index (χ2v) is 8.27. The normalized spacial score (nSPS) is 22.1. The van der Waals surface area contributed by atoms with Gasteiger partial charge in [-0.05, 0) is 42.8 Å². The Morgan fingerprint density at radius 1 is 1.00 bits per heavy atom. The first-order valence-corrected chi connectivity index (χ1v) is 10.4. The minimum Gasteiger partial charge on any atom is -0.382 e. The van der Waals surface area contributed by atoms with Gasteiger partial charge in [-0.25, -0.2) is 4.68 Å². The third-order valence-electron chi connectivity index (χ3n) is 5.50. The zero-order chi connectivity index (χ0) is 17.1. The molecule has 0 bridgehead atoms. The van der Waals surface area contributed by atoms with E-state index in [1.165, 1.54) is 24.3 Å². The molecular weight excluding hydrogens is 332 g/mol. The standard InChI is InChI=1S/C19H26N4OS/c24-19(15-4-2-1-3-5-15)18-14-23(21-20-18)17-6-10-22(11-7-17)16-8-12-25-13-9-16/h1-5,14,16-17,19,24H,6-13H2/t19-/m1/s1. The van der Waals surface area contributed by atoms with Gasteiger partial charge in [0.2, 0.25) is 0 Å². The number of thioether (sulfide) groups is 1. The van der Waals surface area contributed by atoms with Crippen LogP contribution in [0.1, 0.15) is 49.1 Å². The van der Waals surface area contributed by atoms with Gasteiger partial charge in [-0.1, -0.05) is 35.5 Å². The number of aliphatic hydroxyl groups excluding tert-OH is 1. The van der Waals surface area contributed by atoms with Gasteiger partial charge in [0.15, 0.2) is 0 Å². The van der Waals surface area contributed by atoms with Crippen LogP contribution in [0.25, 0.3) is 0 Å². The summed E-state index contributed by atoms with van der Waals surface area (Å²) in [4.78, 5) is 2.67. The van der Waals surface area contributed by atoms with Gasteiger partial charge in [-0.2, -0.15) is 11.8 Å². The number of piperidine rings is 1. The Bertz CT molecular complexity index is 663. The second kappa shape index (κ2) is 7.89. The monoisotopic (exact) mass is 358 g/mol. The molecule has 3 heterocycles. The van der Waals surface area contributed by atoms with Crippen LogP contribution in [0.15, 0.2) is 36.5 Å². The van der Waals surface area contributed by atoms with Crippen molar-refractivity contribution < 1.29 is 5.11 Å². The van der Waals surface area contributed by atoms with Gasteiger partial charge in [0, 0.05) is 19.1 Å². The minimum atomic E-state index is -0.699. The Morgan fingerprint density at radius 2 is 1.72 bits per heavy atom. The highest BCUT2D eigenvalue weighted by Crippen LogP contribution is 2.29. The molecule has 1 aromatic heterocycles. The van der Waals surface area contributed by atoms with Gasteiger partial charge in [-0.15, -0.1) is 5.10 Å². The van der Waals surface area contributed by atoms with Crippen molar-refractivity contribution in [2.24, 2.45) is 0 Å². The highest BCUT2D eigenvalue weighted by Gasteiger charge is 2.28. The van der Waals surface area contributed by atoms with E-state index in [0.29, 0.717) is 11.7 Å². The minimum absolute atomic E-state index is 0.401. The van der Waals surface area contributed by atoms with Crippen molar-refractivity contribution in [3.8, 4) is 0 Å². The lowest BCUT2D eigenvalue weighted by atomic mass is 10.0. The fourth-order valence-electron chi connectivity index (χ4n) is 3.97. The van der Waals surface area contributed by atoms with Crippen LogP contribution in [0.3, 0.4) is 0 Å². The van der Waals surface area contributed by atoms with Crippen molar-refractivity contribution in [1.29, 1.82) is 0 Å². The first kappa shape index (κ1) is 17.1. The van der Waals surface area contributed by atoms with Crippen LogP contribution in [0.5, 0.6) is 0 Å². The summed E-state index contributed by atoms with van der Waals surface area (Å²) in [6.45, 7) is 2.30. The fraction of sp³-hybridized carbons (Fsp3) is 0.579. The molecular formula is C19H26N4OS. The van der Waals surface area contributed by atoms with Crippen molar-refractivity contribution in [2.45, 2.75) is 43.9 Å². The molecule has 4 rings (SSSR count). The van der Waals surface area contributed by atoms with Crippen LogP contribution in [-0.4, -0.2) is 55.6 Å². The van der Waals surface area contributed by atoms with Crippen LogP contribution in [0, 0.1) is 0 Å². The molecule has 2 aliphatic rings. The van der Waals surface area contributed by atoms with E-state index in [9.17, 15) is 5.11 Å². The molecule has 2 aliphatic heterocycles. The molecule has 6 heteroatoms. The van der Waals surface area contributed by atoms with E-state index in [4.69, 9.17) is 0 Å². The Kier molecular flexibility index (Phi) is 5.39. The van der Waals surface area contributed by atoms with E-state index in [-0.39, 0.29) is 0 Å². The van der Waals surface area contributed by atoms with Crippen LogP contribution in [0.2, 0.25) is 0 Å². The summed E-state index contributed by atoms with van der Waals surface area (Å²) in [5.74, 6) is 2.63. The summed E-state index contributed by atoms with van der Waals surface area (Å²) < 4.78 is 1.97. The molecule has 0 aliphatic carbocycles. The van der Waals surface area contributed by atoms with Gasteiger partial charge >= 0.3 is 0 Å². The molecule has 1 aromatic carbocycles. The lowest BCUT2D eigenvalue weighted by Gasteiger charge is -2.39. The van der Waals surface area contributed by atoms with Gasteiger partial charge < -0.3 is 10.0 Å². The number of rotatable bonds is 4. The Balaban J connectivity index is 1.36. The van der Waals surface area contributed by atoms with Crippen molar-refractivity contribution in [3.05, 3.63) is 47.8 Å². The molecule has 0 radical (unpaired) electrons. The highest BCUT2D eigenvalue weighted by atomic mass is 32.2. The molecule has 0 saturated carbocycles. The maximum Gasteiger partial charge on any atom is 0.124 e. The number of hydrogen-bond acceptors (Lipinski definition) is 5. The van der Waals surface area contributed by atoms with Gasteiger partial charge in [-0.3, -0.25) is 0 Å². The first-order valence-electron chi connectivity index (χ1n) is 9.28. The Morgan fingerprint density at radius 3 is 2.44 bits per heavy atom. The van der Waals surface area contributed by atoms with Gasteiger partial charge in [0.05, 0.1) is 12.2 Å². The molecule has 5 nitrogen and oxygen atoms in total. The Hall–Kier alpha value is -1.37. The van der Waals surface area contributed by atoms with Gasteiger partial charge in [0.25, 0.3) is 0 Å².